The van der Waals surface area contributed by atoms with Gasteiger partial charge in [0.25, 0.3) is 5.91 Å². The molecule has 0 aliphatic carbocycles. The highest BCUT2D eigenvalue weighted by Crippen LogP contribution is 2.48. The van der Waals surface area contributed by atoms with Crippen LogP contribution in [-0.2, 0) is 9.59 Å². The van der Waals surface area contributed by atoms with Gasteiger partial charge in [0.2, 0.25) is 0 Å². The molecule has 0 saturated carbocycles. The van der Waals surface area contributed by atoms with Crippen molar-refractivity contribution >= 4 is 24.2 Å². The van der Waals surface area contributed by atoms with Gasteiger partial charge in [0, 0.05) is 17.2 Å². The Labute approximate surface area is 126 Å². The standard InChI is InChI=1S/C15H15N3O4/c1-15(8-17-22)7-11-10(6-9-4-2-3-5-16-9)13(19)18(11)12(15)14(20)21/h2-6,8,11-12,22H,7H2,1H3,(H,20,21)/b10-6+,17-8+/t11?,12-,15-/m0/s1. The number of carbonyl (C=O) groups excluding carboxylic acids is 1. The average molecular weight is 301 g/mol. The molecule has 2 saturated heterocycles. The third-order valence-electron chi connectivity index (χ3n) is 4.29. The molecule has 0 spiro atoms. The summed E-state index contributed by atoms with van der Waals surface area (Å²) in [6.07, 6.45) is 4.92. The first-order valence-electron chi connectivity index (χ1n) is 6.84. The summed E-state index contributed by atoms with van der Waals surface area (Å²) in [5.41, 5.74) is 0.294. The third-order valence-corrected chi connectivity index (χ3v) is 4.29. The molecule has 0 bridgehead atoms. The van der Waals surface area contributed by atoms with Crippen molar-refractivity contribution in [2.45, 2.75) is 25.4 Å². The average Bonchev–Trinajstić information content (AvgIpc) is 2.76. The number of oxime groups is 1. The summed E-state index contributed by atoms with van der Waals surface area (Å²) in [4.78, 5) is 29.3. The normalized spacial score (nSPS) is 32.3. The number of hydrogen-bond acceptors (Lipinski definition) is 5. The van der Waals surface area contributed by atoms with Crippen LogP contribution in [0.2, 0.25) is 0 Å². The first kappa shape index (κ1) is 14.2. The number of β-lactam (4-membered cyclic amide) rings is 1. The number of rotatable bonds is 3. The molecule has 3 rings (SSSR count). The minimum absolute atomic E-state index is 0.293. The predicted octanol–water partition coefficient (Wildman–Crippen LogP) is 0.999. The lowest BCUT2D eigenvalue weighted by Crippen LogP contribution is -2.58. The van der Waals surface area contributed by atoms with E-state index in [0.29, 0.717) is 17.7 Å². The van der Waals surface area contributed by atoms with E-state index >= 15 is 0 Å². The van der Waals surface area contributed by atoms with Gasteiger partial charge in [0.1, 0.15) is 6.04 Å². The lowest BCUT2D eigenvalue weighted by molar-refractivity contribution is -0.153. The number of carboxylic acids is 1. The highest BCUT2D eigenvalue weighted by Gasteiger charge is 2.61. The fraction of sp³-hybridized carbons (Fsp3) is 0.333. The van der Waals surface area contributed by atoms with Crippen molar-refractivity contribution < 1.29 is 19.9 Å². The zero-order valence-corrected chi connectivity index (χ0v) is 11.9. The van der Waals surface area contributed by atoms with E-state index < -0.39 is 17.4 Å². The first-order chi connectivity index (χ1) is 10.5. The fourth-order valence-corrected chi connectivity index (χ4v) is 3.30. The molecule has 1 aromatic rings. The van der Waals surface area contributed by atoms with Gasteiger partial charge in [-0.3, -0.25) is 9.78 Å². The van der Waals surface area contributed by atoms with Crippen LogP contribution in [0.3, 0.4) is 0 Å². The Morgan fingerprint density at radius 3 is 2.91 bits per heavy atom. The molecule has 22 heavy (non-hydrogen) atoms. The van der Waals surface area contributed by atoms with Crippen LogP contribution in [0.4, 0.5) is 0 Å². The Balaban J connectivity index is 1.96. The summed E-state index contributed by atoms with van der Waals surface area (Å²) in [6, 6.07) is 4.06. The van der Waals surface area contributed by atoms with Crippen LogP contribution in [0, 0.1) is 5.41 Å². The van der Waals surface area contributed by atoms with Crippen LogP contribution in [-0.4, -0.2) is 50.4 Å². The number of amides is 1. The molecule has 1 aromatic heterocycles. The molecule has 0 radical (unpaired) electrons. The van der Waals surface area contributed by atoms with Gasteiger partial charge in [0.15, 0.2) is 0 Å². The van der Waals surface area contributed by atoms with Gasteiger partial charge < -0.3 is 15.2 Å². The molecule has 2 aliphatic heterocycles. The topological polar surface area (TPSA) is 103 Å². The predicted molar refractivity (Wildman–Crippen MR) is 77.3 cm³/mol. The van der Waals surface area contributed by atoms with Gasteiger partial charge in [-0.15, -0.1) is 5.16 Å². The smallest absolute Gasteiger partial charge is 0.327 e. The number of carbonyl (C=O) groups is 2. The summed E-state index contributed by atoms with van der Waals surface area (Å²) in [5, 5.41) is 21.2. The van der Waals surface area contributed by atoms with E-state index in [-0.39, 0.29) is 11.9 Å². The largest absolute Gasteiger partial charge is 0.480 e. The van der Waals surface area contributed by atoms with E-state index in [4.69, 9.17) is 5.21 Å². The zero-order valence-electron chi connectivity index (χ0n) is 11.9. The Bertz CT molecular complexity index is 685. The number of fused-ring (bicyclic) bond motifs is 1. The summed E-state index contributed by atoms with van der Waals surface area (Å²) in [5.74, 6) is -1.41. The van der Waals surface area contributed by atoms with Crippen LogP contribution in [0.1, 0.15) is 19.0 Å². The molecule has 1 unspecified atom stereocenters. The fourth-order valence-electron chi connectivity index (χ4n) is 3.30. The van der Waals surface area contributed by atoms with E-state index in [0.717, 1.165) is 0 Å². The number of carboxylic acid groups (broad SMARTS) is 1. The Hall–Kier alpha value is -2.70. The number of nitrogens with zero attached hydrogens (tertiary/aromatic N) is 3. The number of aliphatic carboxylic acids is 1. The molecule has 3 heterocycles. The zero-order chi connectivity index (χ0) is 15.9. The van der Waals surface area contributed by atoms with Gasteiger partial charge in [-0.1, -0.05) is 13.0 Å². The van der Waals surface area contributed by atoms with Gasteiger partial charge in [-0.05, 0) is 24.6 Å². The quantitative estimate of drug-likeness (QED) is 0.285. The van der Waals surface area contributed by atoms with Crippen molar-refractivity contribution in [3.05, 3.63) is 35.7 Å². The summed E-state index contributed by atoms with van der Waals surface area (Å²) in [7, 11) is 0. The van der Waals surface area contributed by atoms with Crippen LogP contribution >= 0.6 is 0 Å². The maximum atomic E-state index is 12.3. The van der Waals surface area contributed by atoms with Crippen molar-refractivity contribution in [3.8, 4) is 0 Å². The van der Waals surface area contributed by atoms with Crippen LogP contribution in [0.25, 0.3) is 6.08 Å². The van der Waals surface area contributed by atoms with Crippen LogP contribution in [0.5, 0.6) is 0 Å². The van der Waals surface area contributed by atoms with E-state index in [1.165, 1.54) is 11.1 Å². The van der Waals surface area contributed by atoms with Gasteiger partial charge in [0.05, 0.1) is 18.0 Å². The van der Waals surface area contributed by atoms with E-state index in [1.54, 1.807) is 31.3 Å². The molecule has 2 fully saturated rings. The highest BCUT2D eigenvalue weighted by atomic mass is 16.4. The molecule has 0 aromatic carbocycles. The van der Waals surface area contributed by atoms with E-state index in [9.17, 15) is 14.7 Å². The number of aromatic nitrogens is 1. The molecule has 7 nitrogen and oxygen atoms in total. The Morgan fingerprint density at radius 1 is 1.55 bits per heavy atom. The highest BCUT2D eigenvalue weighted by molar-refractivity contribution is 6.09. The third kappa shape index (κ3) is 1.97. The minimum atomic E-state index is -1.10. The second kappa shape index (κ2) is 4.94. The minimum Gasteiger partial charge on any atom is -0.480 e. The van der Waals surface area contributed by atoms with Crippen LogP contribution in [0.15, 0.2) is 35.1 Å². The van der Waals surface area contributed by atoms with Gasteiger partial charge in [-0.2, -0.15) is 0 Å². The lowest BCUT2D eigenvalue weighted by Gasteiger charge is -2.40. The monoisotopic (exact) mass is 301 g/mol. The van der Waals surface area contributed by atoms with E-state index in [2.05, 4.69) is 10.1 Å². The number of pyridine rings is 1. The lowest BCUT2D eigenvalue weighted by atomic mass is 9.82. The Morgan fingerprint density at radius 2 is 2.32 bits per heavy atom. The molecule has 7 heteroatoms. The number of hydrogen-bond donors (Lipinski definition) is 2. The van der Waals surface area contributed by atoms with Crippen molar-refractivity contribution in [2.24, 2.45) is 10.6 Å². The van der Waals surface area contributed by atoms with E-state index in [1.807, 2.05) is 6.07 Å². The molecular formula is C15H15N3O4. The SMILES string of the molecule is C[C@@]1(/C=N/O)CC2/C(=C\c3ccccn3)C(=O)N2[C@H]1C(=O)O. The maximum absolute atomic E-state index is 12.3. The second-order valence-corrected chi connectivity index (χ2v) is 5.78. The molecule has 2 N–H and O–H groups in total. The van der Waals surface area contributed by atoms with Crippen molar-refractivity contribution in [1.29, 1.82) is 0 Å². The molecule has 2 aliphatic rings. The molecular weight excluding hydrogens is 286 g/mol. The Kier molecular flexibility index (Phi) is 3.20. The summed E-state index contributed by atoms with van der Waals surface area (Å²) in [6.45, 7) is 1.68. The first-order valence-corrected chi connectivity index (χ1v) is 6.84. The van der Waals surface area contributed by atoms with Gasteiger partial charge in [-0.25, -0.2) is 4.79 Å². The molecule has 1 amide bonds. The summed E-state index contributed by atoms with van der Waals surface area (Å²) < 4.78 is 0. The molecule has 114 valence electrons. The van der Waals surface area contributed by atoms with Crippen LogP contribution < -0.4 is 0 Å². The van der Waals surface area contributed by atoms with Crippen molar-refractivity contribution in [3.63, 3.8) is 0 Å². The van der Waals surface area contributed by atoms with Crippen molar-refractivity contribution in [2.75, 3.05) is 0 Å². The van der Waals surface area contributed by atoms with Gasteiger partial charge >= 0.3 is 5.97 Å². The second-order valence-electron chi connectivity index (χ2n) is 5.78. The maximum Gasteiger partial charge on any atom is 0.327 e. The van der Waals surface area contributed by atoms with Crippen molar-refractivity contribution in [1.82, 2.24) is 9.88 Å². The summed E-state index contributed by atoms with van der Waals surface area (Å²) >= 11 is 0. The molecule has 3 atom stereocenters.